The Bertz CT molecular complexity index is 1230. The summed E-state index contributed by atoms with van der Waals surface area (Å²) in [5.41, 5.74) is 1.97. The smallest absolute Gasteiger partial charge is 0.245 e. The highest BCUT2D eigenvalue weighted by molar-refractivity contribution is 5.85. The van der Waals surface area contributed by atoms with Crippen molar-refractivity contribution in [2.24, 2.45) is 5.41 Å². The third kappa shape index (κ3) is 3.46. The van der Waals surface area contributed by atoms with E-state index in [1.54, 1.807) is 11.2 Å². The molecule has 3 aliphatic rings. The molecular formula is C25H26F2N6O. The number of fused-ring (bicyclic) bond motifs is 1. The summed E-state index contributed by atoms with van der Waals surface area (Å²) in [4.78, 5) is 20.4. The molecule has 1 amide bonds. The summed E-state index contributed by atoms with van der Waals surface area (Å²) in [6.45, 7) is 4.78. The summed E-state index contributed by atoms with van der Waals surface area (Å²) in [6, 6.07) is 9.16. The highest BCUT2D eigenvalue weighted by Gasteiger charge is 2.56. The Hall–Kier alpha value is -3.33. The van der Waals surface area contributed by atoms with Gasteiger partial charge in [0.05, 0.1) is 22.8 Å². The van der Waals surface area contributed by atoms with E-state index in [1.807, 2.05) is 36.0 Å². The van der Waals surface area contributed by atoms with Crippen molar-refractivity contribution < 1.29 is 13.6 Å². The van der Waals surface area contributed by atoms with Gasteiger partial charge in [-0.2, -0.15) is 5.10 Å². The minimum Gasteiger partial charge on any atom is -0.356 e. The van der Waals surface area contributed by atoms with E-state index >= 15 is 0 Å². The van der Waals surface area contributed by atoms with Gasteiger partial charge in [-0.25, -0.2) is 23.5 Å². The molecule has 5 heterocycles. The Morgan fingerprint density at radius 2 is 1.79 bits per heavy atom. The fraction of sp³-hybridized carbons (Fsp3) is 0.400. The number of anilines is 1. The molecule has 0 aliphatic carbocycles. The number of aromatic nitrogens is 3. The van der Waals surface area contributed by atoms with Crippen LogP contribution < -0.4 is 4.90 Å². The first-order valence-electron chi connectivity index (χ1n) is 11.7. The van der Waals surface area contributed by atoms with Crippen molar-refractivity contribution in [3.63, 3.8) is 0 Å². The number of halogens is 2. The molecule has 0 radical (unpaired) electrons. The van der Waals surface area contributed by atoms with Gasteiger partial charge in [0.15, 0.2) is 0 Å². The first-order valence-corrected chi connectivity index (χ1v) is 11.7. The lowest BCUT2D eigenvalue weighted by Gasteiger charge is -2.38. The van der Waals surface area contributed by atoms with Crippen LogP contribution in [0.15, 0.2) is 48.8 Å². The number of piperidine rings is 1. The van der Waals surface area contributed by atoms with E-state index in [1.165, 1.54) is 12.1 Å². The van der Waals surface area contributed by atoms with Gasteiger partial charge in [-0.05, 0) is 56.0 Å². The minimum atomic E-state index is -0.608. The molecule has 3 aromatic rings. The SMILES string of the molecule is Cc1ccn(-c2ccnc(N3CCC4(CC3)CN3CC[C@@H](c5cc(F)cc(F)c5)N3C4=O)c2)n1. The number of aryl methyl sites for hydroxylation is 1. The molecule has 3 saturated heterocycles. The fourth-order valence-electron chi connectivity index (χ4n) is 5.68. The molecule has 1 atom stereocenters. The summed E-state index contributed by atoms with van der Waals surface area (Å²) in [5, 5.41) is 8.32. The van der Waals surface area contributed by atoms with Gasteiger partial charge in [0, 0.05) is 50.7 Å². The van der Waals surface area contributed by atoms with E-state index in [4.69, 9.17) is 0 Å². The number of nitrogens with zero attached hydrogens (tertiary/aromatic N) is 6. The molecule has 0 N–H and O–H groups in total. The van der Waals surface area contributed by atoms with Crippen molar-refractivity contribution >= 4 is 11.7 Å². The molecule has 1 spiro atoms. The monoisotopic (exact) mass is 464 g/mol. The summed E-state index contributed by atoms with van der Waals surface area (Å²) < 4.78 is 29.5. The van der Waals surface area contributed by atoms with Crippen molar-refractivity contribution in [3.8, 4) is 5.69 Å². The zero-order chi connectivity index (χ0) is 23.4. The van der Waals surface area contributed by atoms with E-state index in [9.17, 15) is 13.6 Å². The maximum atomic E-state index is 13.8. The lowest BCUT2D eigenvalue weighted by molar-refractivity contribution is -0.143. The predicted octanol–water partition coefficient (Wildman–Crippen LogP) is 3.64. The summed E-state index contributed by atoms with van der Waals surface area (Å²) in [5.74, 6) is -0.265. The number of carbonyl (C=O) groups excluding carboxylic acids is 1. The zero-order valence-corrected chi connectivity index (χ0v) is 19.0. The number of hydrogen-bond acceptors (Lipinski definition) is 5. The summed E-state index contributed by atoms with van der Waals surface area (Å²) in [7, 11) is 0. The molecule has 3 aliphatic heterocycles. The van der Waals surface area contributed by atoms with Gasteiger partial charge in [-0.1, -0.05) is 0 Å². The number of pyridine rings is 1. The molecule has 0 bridgehead atoms. The number of hydrazine groups is 1. The van der Waals surface area contributed by atoms with Crippen molar-refractivity contribution in [1.29, 1.82) is 0 Å². The number of carbonyl (C=O) groups is 1. The summed E-state index contributed by atoms with van der Waals surface area (Å²) in [6.07, 6.45) is 5.84. The number of benzene rings is 1. The largest absolute Gasteiger partial charge is 0.356 e. The van der Waals surface area contributed by atoms with Crippen molar-refractivity contribution in [2.75, 3.05) is 31.1 Å². The number of hydrogen-bond donors (Lipinski definition) is 0. The molecular weight excluding hydrogens is 438 g/mol. The van der Waals surface area contributed by atoms with Crippen molar-refractivity contribution in [2.45, 2.75) is 32.2 Å². The van der Waals surface area contributed by atoms with Crippen LogP contribution in [0.3, 0.4) is 0 Å². The Morgan fingerprint density at radius 1 is 1.03 bits per heavy atom. The van der Waals surface area contributed by atoms with Crippen LogP contribution in [0.4, 0.5) is 14.6 Å². The molecule has 1 aromatic carbocycles. The standard InChI is InChI=1S/C25H26F2N6O/c1-17-3-9-32(29-17)21-2-7-28-23(15-21)30-10-5-25(6-11-30)16-31-8-4-22(33(31)24(25)34)18-12-19(26)14-20(27)13-18/h2-3,7,9,12-15,22H,4-6,8,10-11,16H2,1H3/t22-/m0/s1. The molecule has 176 valence electrons. The van der Waals surface area contributed by atoms with Crippen LogP contribution in [0.25, 0.3) is 5.69 Å². The van der Waals surface area contributed by atoms with Gasteiger partial charge in [-0.3, -0.25) is 9.80 Å². The Kier molecular flexibility index (Phi) is 4.91. The topological polar surface area (TPSA) is 57.5 Å². The second-order valence-corrected chi connectivity index (χ2v) is 9.59. The quantitative estimate of drug-likeness (QED) is 0.592. The molecule has 9 heteroatoms. The highest BCUT2D eigenvalue weighted by atomic mass is 19.1. The molecule has 3 fully saturated rings. The van der Waals surface area contributed by atoms with Crippen LogP contribution in [0.1, 0.15) is 36.6 Å². The van der Waals surface area contributed by atoms with E-state index in [0.717, 1.165) is 49.2 Å². The van der Waals surface area contributed by atoms with E-state index in [0.29, 0.717) is 25.1 Å². The lowest BCUT2D eigenvalue weighted by Crippen LogP contribution is -2.46. The normalized spacial score (nSPS) is 22.1. The van der Waals surface area contributed by atoms with Gasteiger partial charge in [0.1, 0.15) is 17.5 Å². The van der Waals surface area contributed by atoms with Crippen LogP contribution in [0.2, 0.25) is 0 Å². The fourth-order valence-corrected chi connectivity index (χ4v) is 5.68. The van der Waals surface area contributed by atoms with Crippen molar-refractivity contribution in [3.05, 3.63) is 71.7 Å². The second kappa shape index (κ2) is 7.87. The van der Waals surface area contributed by atoms with Crippen molar-refractivity contribution in [1.82, 2.24) is 24.8 Å². The van der Waals surface area contributed by atoms with Gasteiger partial charge in [0.25, 0.3) is 0 Å². The zero-order valence-electron chi connectivity index (χ0n) is 19.0. The number of rotatable bonds is 3. The third-order valence-electron chi connectivity index (χ3n) is 7.44. The molecule has 34 heavy (non-hydrogen) atoms. The van der Waals surface area contributed by atoms with Crippen LogP contribution in [0, 0.1) is 24.0 Å². The van der Waals surface area contributed by atoms with E-state index in [2.05, 4.69) is 20.0 Å². The Balaban J connectivity index is 1.19. The average Bonchev–Trinajstić information content (AvgIpc) is 3.50. The third-order valence-corrected chi connectivity index (χ3v) is 7.44. The maximum Gasteiger partial charge on any atom is 0.245 e. The molecule has 2 aromatic heterocycles. The molecule has 0 saturated carbocycles. The van der Waals surface area contributed by atoms with Gasteiger partial charge in [-0.15, -0.1) is 0 Å². The van der Waals surface area contributed by atoms with Gasteiger partial charge >= 0.3 is 0 Å². The number of amides is 1. The van der Waals surface area contributed by atoms with E-state index < -0.39 is 17.0 Å². The van der Waals surface area contributed by atoms with Crippen LogP contribution >= 0.6 is 0 Å². The lowest BCUT2D eigenvalue weighted by atomic mass is 9.77. The van der Waals surface area contributed by atoms with Crippen LogP contribution in [-0.4, -0.2) is 56.9 Å². The first kappa shape index (κ1) is 21.2. The Labute approximate surface area is 196 Å². The van der Waals surface area contributed by atoms with Gasteiger partial charge in [0.2, 0.25) is 5.91 Å². The Morgan fingerprint density at radius 3 is 2.50 bits per heavy atom. The first-order chi connectivity index (χ1) is 16.4. The second-order valence-electron chi connectivity index (χ2n) is 9.59. The molecule has 7 nitrogen and oxygen atoms in total. The van der Waals surface area contributed by atoms with Gasteiger partial charge < -0.3 is 4.90 Å². The molecule has 0 unspecified atom stereocenters. The summed E-state index contributed by atoms with van der Waals surface area (Å²) >= 11 is 0. The predicted molar refractivity (Wildman–Crippen MR) is 122 cm³/mol. The maximum absolute atomic E-state index is 13.8. The van der Waals surface area contributed by atoms with Crippen LogP contribution in [-0.2, 0) is 4.79 Å². The molecule has 6 rings (SSSR count). The average molecular weight is 465 g/mol. The van der Waals surface area contributed by atoms with Crippen LogP contribution in [0.5, 0.6) is 0 Å². The van der Waals surface area contributed by atoms with E-state index in [-0.39, 0.29) is 11.9 Å². The highest BCUT2D eigenvalue weighted by Crippen LogP contribution is 2.47. The minimum absolute atomic E-state index is 0.0769.